The van der Waals surface area contributed by atoms with E-state index in [1.165, 1.54) is 37.5 Å². The van der Waals surface area contributed by atoms with Gasteiger partial charge < -0.3 is 9.47 Å². The van der Waals surface area contributed by atoms with Gasteiger partial charge in [-0.25, -0.2) is 14.1 Å². The predicted octanol–water partition coefficient (Wildman–Crippen LogP) is 4.33. The van der Waals surface area contributed by atoms with Gasteiger partial charge in [0.05, 0.1) is 23.9 Å². The lowest BCUT2D eigenvalue weighted by molar-refractivity contribution is -0.122. The maximum atomic E-state index is 13.6. The Morgan fingerprint density at radius 3 is 2.61 bits per heavy atom. The zero-order chi connectivity index (χ0) is 22.7. The number of amides is 4. The van der Waals surface area contributed by atoms with Crippen LogP contribution in [0.2, 0.25) is 5.02 Å². The minimum absolute atomic E-state index is 0.00573. The van der Waals surface area contributed by atoms with E-state index in [2.05, 4.69) is 5.32 Å². The minimum atomic E-state index is -0.967. The van der Waals surface area contributed by atoms with E-state index in [4.69, 9.17) is 21.1 Å². The van der Waals surface area contributed by atoms with Gasteiger partial charge in [-0.15, -0.1) is 0 Å². The number of methoxy groups -OCH3 is 1. The number of barbiturate groups is 1. The fourth-order valence-electron chi connectivity index (χ4n) is 2.90. The smallest absolute Gasteiger partial charge is 0.335 e. The number of rotatable bonds is 6. The van der Waals surface area contributed by atoms with E-state index in [0.717, 1.165) is 12.5 Å². The van der Waals surface area contributed by atoms with Gasteiger partial charge in [0.2, 0.25) is 0 Å². The second-order valence-electron chi connectivity index (χ2n) is 6.81. The van der Waals surface area contributed by atoms with Gasteiger partial charge in [0.15, 0.2) is 11.5 Å². The molecule has 2 aromatic carbocycles. The topological polar surface area (TPSA) is 84.9 Å². The number of carbonyl (C=O) groups excluding carboxylic acids is 3. The summed E-state index contributed by atoms with van der Waals surface area (Å²) in [4.78, 5) is 38.2. The van der Waals surface area contributed by atoms with Crippen molar-refractivity contribution in [3.05, 3.63) is 58.4 Å². The summed E-state index contributed by atoms with van der Waals surface area (Å²) < 4.78 is 24.7. The molecule has 162 valence electrons. The average Bonchev–Trinajstić information content (AvgIpc) is 2.72. The maximum Gasteiger partial charge on any atom is 0.335 e. The van der Waals surface area contributed by atoms with Gasteiger partial charge in [0.25, 0.3) is 11.8 Å². The summed E-state index contributed by atoms with van der Waals surface area (Å²) in [6.07, 6.45) is 1.93. The monoisotopic (exact) mass is 446 g/mol. The molecule has 0 aliphatic carbocycles. The molecule has 3 rings (SSSR count). The quantitative estimate of drug-likeness (QED) is 0.527. The van der Waals surface area contributed by atoms with Crippen molar-refractivity contribution in [2.45, 2.75) is 26.4 Å². The summed E-state index contributed by atoms with van der Waals surface area (Å²) in [5, 5.41) is 2.31. The van der Waals surface area contributed by atoms with Crippen LogP contribution in [0.1, 0.15) is 25.8 Å². The highest BCUT2D eigenvalue weighted by atomic mass is 35.5. The Balaban J connectivity index is 2.01. The summed E-state index contributed by atoms with van der Waals surface area (Å²) >= 11 is 6.34. The number of carbonyl (C=O) groups is 3. The van der Waals surface area contributed by atoms with Crippen LogP contribution in [0.4, 0.5) is 14.9 Å². The van der Waals surface area contributed by atoms with Crippen molar-refractivity contribution in [1.29, 1.82) is 0 Å². The molecular formula is C22H20ClFN2O5. The number of anilines is 1. The van der Waals surface area contributed by atoms with Crippen LogP contribution in [0.25, 0.3) is 6.08 Å². The van der Waals surface area contributed by atoms with Crippen molar-refractivity contribution < 1.29 is 28.2 Å². The number of hydrogen-bond donors (Lipinski definition) is 1. The Kier molecular flexibility index (Phi) is 6.60. The molecule has 1 aliphatic heterocycles. The van der Waals surface area contributed by atoms with E-state index < -0.39 is 23.7 Å². The molecule has 0 saturated carbocycles. The molecule has 0 radical (unpaired) electrons. The van der Waals surface area contributed by atoms with E-state index in [9.17, 15) is 18.8 Å². The third kappa shape index (κ3) is 4.69. The molecule has 0 spiro atoms. The lowest BCUT2D eigenvalue weighted by Gasteiger charge is -2.26. The SMILES string of the molecule is CC[C@@H](C)Oc1c(Cl)cc(/C=C2\C(=O)NC(=O)N(c3cccc(F)c3)C2=O)cc1OC. The van der Waals surface area contributed by atoms with Crippen LogP contribution in [0, 0.1) is 5.82 Å². The number of hydrogen-bond acceptors (Lipinski definition) is 5. The first-order chi connectivity index (χ1) is 14.7. The van der Waals surface area contributed by atoms with Crippen molar-refractivity contribution in [3.8, 4) is 11.5 Å². The van der Waals surface area contributed by atoms with E-state index in [1.54, 1.807) is 6.07 Å². The third-order valence-electron chi connectivity index (χ3n) is 4.62. The minimum Gasteiger partial charge on any atom is -0.493 e. The highest BCUT2D eigenvalue weighted by molar-refractivity contribution is 6.39. The summed E-state index contributed by atoms with van der Waals surface area (Å²) in [7, 11) is 1.44. The van der Waals surface area contributed by atoms with Crippen LogP contribution < -0.4 is 19.7 Å². The molecule has 1 atom stereocenters. The number of ether oxygens (including phenoxy) is 2. The Morgan fingerprint density at radius 2 is 1.97 bits per heavy atom. The summed E-state index contributed by atoms with van der Waals surface area (Å²) in [5.41, 5.74) is 0.0526. The fourth-order valence-corrected chi connectivity index (χ4v) is 3.16. The zero-order valence-corrected chi connectivity index (χ0v) is 17.8. The van der Waals surface area contributed by atoms with Crippen LogP contribution in [-0.4, -0.2) is 31.1 Å². The van der Waals surface area contributed by atoms with Crippen molar-refractivity contribution in [2.75, 3.05) is 12.0 Å². The van der Waals surface area contributed by atoms with Crippen LogP contribution in [-0.2, 0) is 9.59 Å². The molecule has 4 amide bonds. The molecule has 1 fully saturated rings. The van der Waals surface area contributed by atoms with Crippen molar-refractivity contribution >= 4 is 41.2 Å². The standard InChI is InChI=1S/C22H20ClFN2O5/c1-4-12(2)31-19-17(23)9-13(10-18(19)30-3)8-16-20(27)25-22(29)26(21(16)28)15-7-5-6-14(24)11-15/h5-12H,4H2,1-3H3,(H,25,27,29)/b16-8+/t12-/m1/s1. The van der Waals surface area contributed by atoms with Gasteiger partial charge in [-0.2, -0.15) is 0 Å². The highest BCUT2D eigenvalue weighted by Crippen LogP contribution is 2.38. The number of imide groups is 2. The molecular weight excluding hydrogens is 427 g/mol. The Labute approximate surface area is 183 Å². The van der Waals surface area contributed by atoms with Gasteiger partial charge in [-0.3, -0.25) is 14.9 Å². The molecule has 0 bridgehead atoms. The number of halogens is 2. The molecule has 7 nitrogen and oxygen atoms in total. The summed E-state index contributed by atoms with van der Waals surface area (Å²) in [5.74, 6) is -1.74. The van der Waals surface area contributed by atoms with Gasteiger partial charge in [0.1, 0.15) is 11.4 Å². The van der Waals surface area contributed by atoms with Crippen molar-refractivity contribution in [3.63, 3.8) is 0 Å². The van der Waals surface area contributed by atoms with Gasteiger partial charge in [-0.05, 0) is 55.3 Å². The largest absolute Gasteiger partial charge is 0.493 e. The lowest BCUT2D eigenvalue weighted by atomic mass is 10.1. The Hall–Kier alpha value is -3.39. The molecule has 2 aromatic rings. The third-order valence-corrected chi connectivity index (χ3v) is 4.91. The van der Waals surface area contributed by atoms with E-state index in [-0.39, 0.29) is 22.4 Å². The molecule has 1 heterocycles. The first-order valence-corrected chi connectivity index (χ1v) is 9.84. The van der Waals surface area contributed by atoms with Crippen molar-refractivity contribution in [2.24, 2.45) is 0 Å². The van der Waals surface area contributed by atoms with Gasteiger partial charge >= 0.3 is 6.03 Å². The van der Waals surface area contributed by atoms with Crippen molar-refractivity contribution in [1.82, 2.24) is 5.32 Å². The van der Waals surface area contributed by atoms with E-state index in [1.807, 2.05) is 13.8 Å². The fraction of sp³-hybridized carbons (Fsp3) is 0.227. The summed E-state index contributed by atoms with van der Waals surface area (Å²) in [6, 6.07) is 7.03. The second kappa shape index (κ2) is 9.18. The second-order valence-corrected chi connectivity index (χ2v) is 7.22. The Bertz CT molecular complexity index is 1090. The Morgan fingerprint density at radius 1 is 1.23 bits per heavy atom. The zero-order valence-electron chi connectivity index (χ0n) is 17.1. The number of nitrogens with one attached hydrogen (secondary N) is 1. The normalized spacial score (nSPS) is 16.4. The van der Waals surface area contributed by atoms with Crippen LogP contribution >= 0.6 is 11.6 Å². The van der Waals surface area contributed by atoms with Gasteiger partial charge in [-0.1, -0.05) is 24.6 Å². The molecule has 0 unspecified atom stereocenters. The van der Waals surface area contributed by atoms with E-state index in [0.29, 0.717) is 22.0 Å². The van der Waals surface area contributed by atoms with E-state index >= 15 is 0 Å². The maximum absolute atomic E-state index is 13.6. The average molecular weight is 447 g/mol. The number of benzene rings is 2. The molecule has 1 N–H and O–H groups in total. The molecule has 1 aliphatic rings. The predicted molar refractivity (Wildman–Crippen MR) is 114 cm³/mol. The van der Waals surface area contributed by atoms with Crippen LogP contribution in [0.3, 0.4) is 0 Å². The molecule has 0 aromatic heterocycles. The first-order valence-electron chi connectivity index (χ1n) is 9.46. The number of urea groups is 1. The van der Waals surface area contributed by atoms with Crippen LogP contribution in [0.15, 0.2) is 42.0 Å². The van der Waals surface area contributed by atoms with Gasteiger partial charge in [0, 0.05) is 0 Å². The highest BCUT2D eigenvalue weighted by Gasteiger charge is 2.37. The summed E-state index contributed by atoms with van der Waals surface area (Å²) in [6.45, 7) is 3.84. The molecule has 1 saturated heterocycles. The number of nitrogens with zero attached hydrogens (tertiary/aromatic N) is 1. The molecule has 9 heteroatoms. The molecule has 31 heavy (non-hydrogen) atoms. The lowest BCUT2D eigenvalue weighted by Crippen LogP contribution is -2.54. The first kappa shape index (κ1) is 22.3. The van der Waals surface area contributed by atoms with Crippen LogP contribution in [0.5, 0.6) is 11.5 Å².